The van der Waals surface area contributed by atoms with Gasteiger partial charge < -0.3 is 14.4 Å². The van der Waals surface area contributed by atoms with E-state index in [1.54, 1.807) is 31.2 Å². The van der Waals surface area contributed by atoms with Crippen molar-refractivity contribution in [3.05, 3.63) is 81.5 Å². The van der Waals surface area contributed by atoms with Gasteiger partial charge in [-0.3, -0.25) is 4.79 Å². The van der Waals surface area contributed by atoms with Crippen LogP contribution in [0.2, 0.25) is 5.02 Å². The fourth-order valence-electron chi connectivity index (χ4n) is 3.61. The number of allylic oxidation sites excluding steroid dienone is 1. The fourth-order valence-corrected chi connectivity index (χ4v) is 3.87. The number of carbonyl (C=O) groups is 2. The van der Waals surface area contributed by atoms with Gasteiger partial charge in [-0.1, -0.05) is 35.9 Å². The normalized spacial score (nSPS) is 16.6. The van der Waals surface area contributed by atoms with Crippen molar-refractivity contribution in [3.63, 3.8) is 0 Å². The van der Waals surface area contributed by atoms with E-state index in [1.807, 2.05) is 0 Å². The number of carbonyl (C=O) groups excluding carboxylic acids is 2. The number of methoxy groups -OCH3 is 1. The molecule has 3 rings (SSSR count). The van der Waals surface area contributed by atoms with E-state index in [1.165, 1.54) is 18.1 Å². The lowest BCUT2D eigenvalue weighted by Gasteiger charge is -2.34. The van der Waals surface area contributed by atoms with E-state index in [0.717, 1.165) is 12.1 Å². The van der Waals surface area contributed by atoms with Gasteiger partial charge in [0.1, 0.15) is 6.61 Å². The summed E-state index contributed by atoms with van der Waals surface area (Å²) in [6.45, 7) is 1.91. The molecule has 1 aliphatic heterocycles. The zero-order valence-electron chi connectivity index (χ0n) is 17.2. The fraction of sp³-hybridized carbons (Fsp3) is 0.304. The molecule has 0 radical (unpaired) electrons. The van der Waals surface area contributed by atoms with Crippen molar-refractivity contribution in [1.29, 1.82) is 0 Å². The van der Waals surface area contributed by atoms with Gasteiger partial charge >= 0.3 is 5.97 Å². The van der Waals surface area contributed by atoms with Crippen molar-refractivity contribution < 1.29 is 27.8 Å². The number of benzene rings is 2. The van der Waals surface area contributed by atoms with Gasteiger partial charge in [-0.2, -0.15) is 0 Å². The highest BCUT2D eigenvalue weighted by Crippen LogP contribution is 2.40. The van der Waals surface area contributed by atoms with Crippen LogP contribution in [0.25, 0.3) is 0 Å². The molecular weight excluding hydrogens is 428 g/mol. The number of halogens is 3. The minimum absolute atomic E-state index is 0.00798. The number of esters is 1. The Bertz CT molecular complexity index is 1020. The molecule has 0 bridgehead atoms. The van der Waals surface area contributed by atoms with Gasteiger partial charge in [-0.05, 0) is 36.2 Å². The van der Waals surface area contributed by atoms with Gasteiger partial charge in [0.05, 0.1) is 18.7 Å². The Labute approximate surface area is 184 Å². The predicted octanol–water partition coefficient (Wildman–Crippen LogP) is 4.60. The van der Waals surface area contributed by atoms with Crippen LogP contribution in [0.4, 0.5) is 8.78 Å². The van der Waals surface area contributed by atoms with Crippen molar-refractivity contribution in [1.82, 2.24) is 4.90 Å². The molecule has 164 valence electrons. The molecule has 8 heteroatoms. The molecule has 0 saturated carbocycles. The first kappa shape index (κ1) is 22.9. The van der Waals surface area contributed by atoms with Crippen LogP contribution in [0.3, 0.4) is 0 Å². The third kappa shape index (κ3) is 5.11. The second-order valence-electron chi connectivity index (χ2n) is 7.13. The largest absolute Gasteiger partial charge is 0.460 e. The molecule has 0 fully saturated rings. The summed E-state index contributed by atoms with van der Waals surface area (Å²) in [6, 6.07) is 10.4. The lowest BCUT2D eigenvalue weighted by atomic mass is 9.83. The van der Waals surface area contributed by atoms with Gasteiger partial charge in [0.25, 0.3) is 0 Å². The SMILES string of the molecule is COCCOC(=O)C1=C(C)N(Cc2ccc(F)c(F)c2)C(=O)CC1c1ccccc1Cl. The summed E-state index contributed by atoms with van der Waals surface area (Å²) in [6.07, 6.45) is -0.0144. The highest BCUT2D eigenvalue weighted by molar-refractivity contribution is 6.31. The maximum Gasteiger partial charge on any atom is 0.336 e. The minimum Gasteiger partial charge on any atom is -0.460 e. The Morgan fingerprint density at radius 1 is 1.16 bits per heavy atom. The van der Waals surface area contributed by atoms with E-state index in [0.29, 0.717) is 27.4 Å². The van der Waals surface area contributed by atoms with Gasteiger partial charge in [0.15, 0.2) is 11.6 Å². The predicted molar refractivity (Wildman–Crippen MR) is 111 cm³/mol. The van der Waals surface area contributed by atoms with Gasteiger partial charge in [-0.15, -0.1) is 0 Å². The van der Waals surface area contributed by atoms with Crippen molar-refractivity contribution in [2.24, 2.45) is 0 Å². The Morgan fingerprint density at radius 3 is 2.58 bits per heavy atom. The highest BCUT2D eigenvalue weighted by atomic mass is 35.5. The Morgan fingerprint density at radius 2 is 1.90 bits per heavy atom. The van der Waals surface area contributed by atoms with E-state index < -0.39 is 23.5 Å². The summed E-state index contributed by atoms with van der Waals surface area (Å²) in [5, 5.41) is 0.435. The van der Waals surface area contributed by atoms with Crippen LogP contribution in [0, 0.1) is 11.6 Å². The molecule has 2 aromatic rings. The number of nitrogens with zero attached hydrogens (tertiary/aromatic N) is 1. The summed E-state index contributed by atoms with van der Waals surface area (Å²) in [5.74, 6) is -3.40. The number of hydrogen-bond acceptors (Lipinski definition) is 4. The summed E-state index contributed by atoms with van der Waals surface area (Å²) in [5.41, 5.74) is 1.72. The van der Waals surface area contributed by atoms with E-state index in [9.17, 15) is 18.4 Å². The Kier molecular flexibility index (Phi) is 7.41. The maximum absolute atomic E-state index is 13.6. The quantitative estimate of drug-likeness (QED) is 0.458. The number of rotatable bonds is 7. The topological polar surface area (TPSA) is 55.8 Å². The standard InChI is InChI=1S/C23H22ClF2NO4/c1-14-22(23(29)31-10-9-30-2)17(16-5-3-4-6-18(16)24)12-21(28)27(14)13-15-7-8-19(25)20(26)11-15/h3-8,11,17H,9-10,12-13H2,1-2H3. The maximum atomic E-state index is 13.6. The van der Waals surface area contributed by atoms with Crippen molar-refractivity contribution >= 4 is 23.5 Å². The third-order valence-corrected chi connectivity index (χ3v) is 5.51. The second-order valence-corrected chi connectivity index (χ2v) is 7.54. The lowest BCUT2D eigenvalue weighted by molar-refractivity contribution is -0.141. The van der Waals surface area contributed by atoms with Crippen LogP contribution < -0.4 is 0 Å². The highest BCUT2D eigenvalue weighted by Gasteiger charge is 2.37. The Hall–Kier alpha value is -2.77. The second kappa shape index (κ2) is 10.0. The van der Waals surface area contributed by atoms with E-state index >= 15 is 0 Å². The van der Waals surface area contributed by atoms with E-state index in [4.69, 9.17) is 21.1 Å². The lowest BCUT2D eigenvalue weighted by Crippen LogP contribution is -2.38. The minimum atomic E-state index is -1.00. The number of amides is 1. The van der Waals surface area contributed by atoms with Crippen LogP contribution in [0.5, 0.6) is 0 Å². The first-order valence-electron chi connectivity index (χ1n) is 9.69. The molecule has 1 unspecified atom stereocenters. The summed E-state index contributed by atoms with van der Waals surface area (Å²) in [4.78, 5) is 27.3. The zero-order chi connectivity index (χ0) is 22.5. The molecule has 0 aromatic heterocycles. The summed E-state index contributed by atoms with van der Waals surface area (Å²) >= 11 is 6.35. The Balaban J connectivity index is 2.01. The van der Waals surface area contributed by atoms with Gasteiger partial charge in [-0.25, -0.2) is 13.6 Å². The molecule has 5 nitrogen and oxygen atoms in total. The van der Waals surface area contributed by atoms with Crippen LogP contribution in [0.15, 0.2) is 53.7 Å². The average Bonchev–Trinajstić information content (AvgIpc) is 2.73. The smallest absolute Gasteiger partial charge is 0.336 e. The molecule has 0 N–H and O–H groups in total. The molecule has 0 saturated heterocycles. The van der Waals surface area contributed by atoms with E-state index in [2.05, 4.69) is 0 Å². The van der Waals surface area contributed by atoms with Crippen LogP contribution in [-0.2, 0) is 25.6 Å². The number of ether oxygens (including phenoxy) is 2. The molecule has 1 atom stereocenters. The van der Waals surface area contributed by atoms with Gasteiger partial charge in [0.2, 0.25) is 5.91 Å². The molecule has 31 heavy (non-hydrogen) atoms. The first-order chi connectivity index (χ1) is 14.8. The molecule has 1 aliphatic rings. The molecular formula is C23H22ClF2NO4. The van der Waals surface area contributed by atoms with Crippen molar-refractivity contribution in [3.8, 4) is 0 Å². The molecule has 0 spiro atoms. The zero-order valence-corrected chi connectivity index (χ0v) is 17.9. The number of hydrogen-bond donors (Lipinski definition) is 0. The molecule has 0 aliphatic carbocycles. The summed E-state index contributed by atoms with van der Waals surface area (Å²) in [7, 11) is 1.49. The molecule has 1 heterocycles. The summed E-state index contributed by atoms with van der Waals surface area (Å²) < 4.78 is 37.2. The van der Waals surface area contributed by atoms with Gasteiger partial charge in [0, 0.05) is 30.2 Å². The van der Waals surface area contributed by atoms with Crippen LogP contribution >= 0.6 is 11.6 Å². The van der Waals surface area contributed by atoms with Crippen molar-refractivity contribution in [2.75, 3.05) is 20.3 Å². The molecule has 2 aromatic carbocycles. The van der Waals surface area contributed by atoms with Crippen molar-refractivity contribution in [2.45, 2.75) is 25.8 Å². The molecule has 1 amide bonds. The van der Waals surface area contributed by atoms with E-state index in [-0.39, 0.29) is 32.1 Å². The third-order valence-electron chi connectivity index (χ3n) is 5.17. The average molecular weight is 450 g/mol. The van der Waals surface area contributed by atoms with Crippen LogP contribution in [-0.4, -0.2) is 37.1 Å². The van der Waals surface area contributed by atoms with Crippen LogP contribution in [0.1, 0.15) is 30.4 Å². The monoisotopic (exact) mass is 449 g/mol. The first-order valence-corrected chi connectivity index (χ1v) is 10.1.